The summed E-state index contributed by atoms with van der Waals surface area (Å²) in [6, 6.07) is 13.3. The predicted molar refractivity (Wildman–Crippen MR) is 143 cm³/mol. The summed E-state index contributed by atoms with van der Waals surface area (Å²) in [7, 11) is 0.882. The van der Waals surface area contributed by atoms with Crippen LogP contribution in [0.15, 0.2) is 68.5 Å². The van der Waals surface area contributed by atoms with E-state index < -0.39 is 32.7 Å². The van der Waals surface area contributed by atoms with Gasteiger partial charge in [0.2, 0.25) is 0 Å². The molecule has 0 bridgehead atoms. The van der Waals surface area contributed by atoms with E-state index in [1.165, 1.54) is 24.1 Å². The predicted octanol–water partition coefficient (Wildman–Crippen LogP) is 0.892. The highest BCUT2D eigenvalue weighted by Gasteiger charge is 2.50. The Morgan fingerprint density at radius 2 is 0.974 bits per heavy atom. The zero-order valence-electron chi connectivity index (χ0n) is 21.8. The molecule has 2 aromatic carbocycles. The topological polar surface area (TPSA) is 164 Å². The lowest BCUT2D eigenvalue weighted by molar-refractivity contribution is -0.136. The van der Waals surface area contributed by atoms with Crippen LogP contribution in [0, 0.1) is 0 Å². The van der Waals surface area contributed by atoms with E-state index in [-0.39, 0.29) is 11.8 Å². The molecule has 0 aromatic heterocycles. The van der Waals surface area contributed by atoms with E-state index in [0.717, 1.165) is 0 Å². The van der Waals surface area contributed by atoms with E-state index in [1.807, 2.05) is 0 Å². The van der Waals surface area contributed by atoms with Crippen LogP contribution in [0.1, 0.15) is 25.0 Å². The highest BCUT2D eigenvalue weighted by atomic mass is 32.2. The molecule has 12 nitrogen and oxygen atoms in total. The van der Waals surface area contributed by atoms with Gasteiger partial charge in [-0.05, 0) is 49.2 Å². The maximum absolute atomic E-state index is 12.2. The average molecular weight is 563 g/mol. The Bertz CT molecular complexity index is 1240. The SMILES string of the molecule is CC1=NN(C)C(=O)C1(NO)c1ccc(S(C)=O)cc1.CC1=NN(C)C(=O)C1(NO)c1ccc(S(C)=O)cc1. The third kappa shape index (κ3) is 4.86. The van der Waals surface area contributed by atoms with Crippen LogP contribution in [0.2, 0.25) is 0 Å². The molecule has 4 rings (SSSR count). The number of carbonyl (C=O) groups excluding carboxylic acids is 2. The largest absolute Gasteiger partial charge is 0.315 e. The Morgan fingerprint density at radius 3 is 1.16 bits per heavy atom. The zero-order valence-corrected chi connectivity index (χ0v) is 23.4. The molecule has 2 heterocycles. The van der Waals surface area contributed by atoms with E-state index in [9.17, 15) is 28.4 Å². The maximum atomic E-state index is 12.2. The lowest BCUT2D eigenvalue weighted by atomic mass is 9.86. The number of rotatable bonds is 6. The van der Waals surface area contributed by atoms with Gasteiger partial charge >= 0.3 is 0 Å². The Hall–Kier alpha value is -3.14. The van der Waals surface area contributed by atoms with Gasteiger partial charge in [-0.3, -0.25) is 18.0 Å². The highest BCUT2D eigenvalue weighted by molar-refractivity contribution is 7.84. The van der Waals surface area contributed by atoms with Crippen molar-refractivity contribution in [3.63, 3.8) is 0 Å². The first kappa shape index (κ1) is 29.4. The van der Waals surface area contributed by atoms with Crippen LogP contribution >= 0.6 is 0 Å². The summed E-state index contributed by atoms with van der Waals surface area (Å²) in [6.45, 7) is 3.33. The molecule has 0 fully saturated rings. The van der Waals surface area contributed by atoms with Crippen LogP contribution in [0.4, 0.5) is 0 Å². The Morgan fingerprint density at radius 1 is 0.684 bits per heavy atom. The third-order valence-electron chi connectivity index (χ3n) is 6.49. The quantitative estimate of drug-likeness (QED) is 0.377. The zero-order chi connectivity index (χ0) is 28.4. The van der Waals surface area contributed by atoms with E-state index in [2.05, 4.69) is 21.2 Å². The minimum absolute atomic E-state index is 0.363. The Labute approximate surface area is 225 Å². The molecule has 14 heteroatoms. The van der Waals surface area contributed by atoms with Gasteiger partial charge in [-0.1, -0.05) is 24.3 Å². The molecular weight excluding hydrogens is 532 g/mol. The van der Waals surface area contributed by atoms with Crippen molar-refractivity contribution >= 4 is 44.8 Å². The fourth-order valence-electron chi connectivity index (χ4n) is 4.33. The second-order valence-electron chi connectivity index (χ2n) is 8.71. The van der Waals surface area contributed by atoms with Gasteiger partial charge in [-0.2, -0.15) is 21.2 Å². The van der Waals surface area contributed by atoms with Crippen LogP contribution in [0.5, 0.6) is 0 Å². The van der Waals surface area contributed by atoms with Gasteiger partial charge in [0.1, 0.15) is 0 Å². The number of benzene rings is 2. The van der Waals surface area contributed by atoms with Gasteiger partial charge in [0.25, 0.3) is 11.8 Å². The van der Waals surface area contributed by atoms with Gasteiger partial charge in [-0.15, -0.1) is 0 Å². The minimum atomic E-state index is -1.36. The summed E-state index contributed by atoms with van der Waals surface area (Å²) in [5, 5.41) is 29.4. The molecule has 204 valence electrons. The monoisotopic (exact) mass is 562 g/mol. The van der Waals surface area contributed by atoms with Crippen molar-refractivity contribution in [1.82, 2.24) is 21.0 Å². The van der Waals surface area contributed by atoms with Gasteiger partial charge in [0.15, 0.2) is 11.1 Å². The lowest BCUT2D eigenvalue weighted by Crippen LogP contribution is -2.52. The van der Waals surface area contributed by atoms with E-state index >= 15 is 0 Å². The Balaban J connectivity index is 0.000000211. The van der Waals surface area contributed by atoms with E-state index in [0.29, 0.717) is 32.3 Å². The average Bonchev–Trinajstić information content (AvgIpc) is 3.26. The lowest BCUT2D eigenvalue weighted by Gasteiger charge is -2.26. The molecule has 4 unspecified atom stereocenters. The molecule has 2 aromatic rings. The van der Waals surface area contributed by atoms with Crippen molar-refractivity contribution in [2.24, 2.45) is 10.2 Å². The molecule has 38 heavy (non-hydrogen) atoms. The van der Waals surface area contributed by atoms with Crippen molar-refractivity contribution in [3.8, 4) is 0 Å². The molecule has 0 spiro atoms. The van der Waals surface area contributed by atoms with Gasteiger partial charge in [-0.25, -0.2) is 10.0 Å². The van der Waals surface area contributed by atoms with Gasteiger partial charge < -0.3 is 10.4 Å². The molecule has 4 N–H and O–H groups in total. The second kappa shape index (κ2) is 11.3. The number of carbonyl (C=O) groups is 2. The molecular formula is C24H30N6O6S2. The number of nitrogens with zero attached hydrogens (tertiary/aromatic N) is 4. The summed E-state index contributed by atoms with van der Waals surface area (Å²) >= 11 is 0. The number of likely N-dealkylation sites (N-methyl/N-ethyl adjacent to an activating group) is 2. The third-order valence-corrected chi connectivity index (χ3v) is 8.36. The summed E-state index contributed by atoms with van der Waals surface area (Å²) in [5.41, 5.74) is 3.45. The van der Waals surface area contributed by atoms with Crippen molar-refractivity contribution in [2.45, 2.75) is 34.7 Å². The summed E-state index contributed by atoms with van der Waals surface area (Å²) in [5.74, 6) is -0.726. The number of hydroxylamine groups is 2. The van der Waals surface area contributed by atoms with E-state index in [4.69, 9.17) is 0 Å². The molecule has 2 aliphatic rings. The van der Waals surface area contributed by atoms with Gasteiger partial charge in [0.05, 0.1) is 11.4 Å². The van der Waals surface area contributed by atoms with Crippen LogP contribution in [0.25, 0.3) is 0 Å². The molecule has 0 saturated carbocycles. The minimum Gasteiger partial charge on any atom is -0.315 e. The standard InChI is InChI=1S/2C12H15N3O3S/c2*1-8-12(14-17,11(16)15(2)13-8)9-4-6-10(7-5-9)19(3)18/h2*4-7,14,17H,1-3H3. The molecule has 2 amide bonds. The maximum Gasteiger partial charge on any atom is 0.275 e. The second-order valence-corrected chi connectivity index (χ2v) is 11.5. The summed E-state index contributed by atoms with van der Waals surface area (Å²) < 4.78 is 22.7. The van der Waals surface area contributed by atoms with Crippen molar-refractivity contribution < 1.29 is 28.4 Å². The van der Waals surface area contributed by atoms with Crippen LogP contribution in [-0.2, 0) is 42.3 Å². The smallest absolute Gasteiger partial charge is 0.275 e. The highest BCUT2D eigenvalue weighted by Crippen LogP contribution is 2.31. The first-order chi connectivity index (χ1) is 17.9. The Kier molecular flexibility index (Phi) is 8.75. The molecule has 4 atom stereocenters. The summed E-state index contributed by atoms with van der Waals surface area (Å²) in [4.78, 5) is 25.7. The molecule has 0 saturated heterocycles. The first-order valence-corrected chi connectivity index (χ1v) is 14.4. The van der Waals surface area contributed by atoms with Crippen molar-refractivity contribution in [1.29, 1.82) is 0 Å². The molecule has 2 aliphatic heterocycles. The normalized spacial score (nSPS) is 24.5. The van der Waals surface area contributed by atoms with E-state index in [1.54, 1.807) is 74.9 Å². The summed E-state index contributed by atoms with van der Waals surface area (Å²) in [6.07, 6.45) is 3.16. The van der Waals surface area contributed by atoms with Crippen LogP contribution in [-0.4, -0.2) is 78.7 Å². The number of amides is 2. The number of nitrogens with one attached hydrogen (secondary N) is 2. The first-order valence-electron chi connectivity index (χ1n) is 11.2. The number of hydrogen-bond donors (Lipinski definition) is 4. The van der Waals surface area contributed by atoms with Crippen molar-refractivity contribution in [2.75, 3.05) is 26.6 Å². The molecule has 0 aliphatic carbocycles. The fraction of sp³-hybridized carbons (Fsp3) is 0.333. The van der Waals surface area contributed by atoms with Crippen molar-refractivity contribution in [3.05, 3.63) is 59.7 Å². The van der Waals surface area contributed by atoms with Crippen LogP contribution < -0.4 is 11.0 Å². The van der Waals surface area contributed by atoms with Crippen LogP contribution in [0.3, 0.4) is 0 Å². The van der Waals surface area contributed by atoms with Gasteiger partial charge in [0, 0.05) is 58.0 Å². The molecule has 0 radical (unpaired) electrons. The number of hydrogen-bond acceptors (Lipinski definition) is 10. The number of hydrazone groups is 2. The fourth-order valence-corrected chi connectivity index (χ4v) is 5.37.